The van der Waals surface area contributed by atoms with Crippen LogP contribution in [-0.4, -0.2) is 16.8 Å². The number of allylic oxidation sites excluding steroid dienone is 1. The van der Waals surface area contributed by atoms with Crippen molar-refractivity contribution < 1.29 is 4.79 Å². The van der Waals surface area contributed by atoms with Gasteiger partial charge in [0.2, 0.25) is 0 Å². The van der Waals surface area contributed by atoms with Crippen molar-refractivity contribution in [2.75, 3.05) is 0 Å². The molecule has 0 radical (unpaired) electrons. The molecule has 1 aromatic carbocycles. The minimum Gasteiger partial charge on any atom is -0.352 e. The quantitative estimate of drug-likeness (QED) is 0.135. The van der Waals surface area contributed by atoms with Crippen LogP contribution in [0.1, 0.15) is 42.6 Å². The van der Waals surface area contributed by atoms with Crippen LogP contribution in [0.2, 0.25) is 0 Å². The third-order valence-corrected chi connectivity index (χ3v) is 4.44. The number of hydrogen-bond acceptors (Lipinski definition) is 2. The average molecular weight is 336 g/mol. The summed E-state index contributed by atoms with van der Waals surface area (Å²) in [6.07, 6.45) is 7.23. The zero-order valence-electron chi connectivity index (χ0n) is 14.4. The van der Waals surface area contributed by atoms with E-state index in [-0.39, 0.29) is 17.7 Å². The number of unbranched alkanes of at least 4 members (excludes halogenated alkanes) is 1. The highest BCUT2D eigenvalue weighted by molar-refractivity contribution is 5.99. The van der Waals surface area contributed by atoms with Gasteiger partial charge in [-0.15, -0.1) is 13.2 Å². The fourth-order valence-corrected chi connectivity index (χ4v) is 3.02. The molecule has 0 unspecified atom stereocenters. The predicted octanol–water partition coefficient (Wildman–Crippen LogP) is 5.97. The number of hydrogen-bond donors (Lipinski definition) is 1. The van der Waals surface area contributed by atoms with E-state index >= 15 is 0 Å². The Balaban J connectivity index is 1.99. The van der Waals surface area contributed by atoms with E-state index in [0.717, 1.165) is 30.2 Å². The zero-order valence-corrected chi connectivity index (χ0v) is 14.4. The average Bonchev–Trinajstić information content (AvgIpc) is 3.06. The molecule has 5 nitrogen and oxygen atoms in total. The molecule has 1 N–H and O–H groups in total. The summed E-state index contributed by atoms with van der Waals surface area (Å²) < 4.78 is 0. The molecule has 0 amide bonds. The van der Waals surface area contributed by atoms with E-state index in [2.05, 4.69) is 28.2 Å². The maximum atomic E-state index is 12.5. The lowest BCUT2D eigenvalue weighted by molar-refractivity contribution is 0.0970. The zero-order chi connectivity index (χ0) is 18.1. The largest absolute Gasteiger partial charge is 0.352 e. The Labute approximate surface area is 148 Å². The number of nitrogens with zero attached hydrogens (tertiary/aromatic N) is 3. The highest BCUT2D eigenvalue weighted by atomic mass is 16.1. The molecule has 0 saturated carbocycles. The SMILES string of the molecule is C=CCCC[C@H](N=[N+]=[N-])[C@H](C=C)CCC(=O)c1cc2ccccc2[nH]1. The van der Waals surface area contributed by atoms with Crippen molar-refractivity contribution in [2.24, 2.45) is 11.0 Å². The van der Waals surface area contributed by atoms with Gasteiger partial charge in [0, 0.05) is 28.3 Å². The van der Waals surface area contributed by atoms with Crippen LogP contribution >= 0.6 is 0 Å². The third kappa shape index (κ3) is 5.10. The summed E-state index contributed by atoms with van der Waals surface area (Å²) in [5.74, 6) is 0.0582. The number of ketones is 1. The Hall–Kier alpha value is -2.78. The molecule has 25 heavy (non-hydrogen) atoms. The smallest absolute Gasteiger partial charge is 0.179 e. The van der Waals surface area contributed by atoms with Gasteiger partial charge >= 0.3 is 0 Å². The van der Waals surface area contributed by atoms with Crippen LogP contribution in [-0.2, 0) is 0 Å². The Morgan fingerprint density at radius 1 is 1.32 bits per heavy atom. The molecular formula is C20H24N4O. The van der Waals surface area contributed by atoms with Gasteiger partial charge in [0.1, 0.15) is 0 Å². The lowest BCUT2D eigenvalue weighted by Gasteiger charge is -2.19. The second kappa shape index (κ2) is 9.50. The first-order chi connectivity index (χ1) is 12.2. The summed E-state index contributed by atoms with van der Waals surface area (Å²) >= 11 is 0. The van der Waals surface area contributed by atoms with E-state index in [0.29, 0.717) is 18.5 Å². The normalized spacial score (nSPS) is 13.0. The fourth-order valence-electron chi connectivity index (χ4n) is 3.02. The standard InChI is InChI=1S/C20H24N4O/c1-3-5-6-11-18(23-24-21)15(4-2)12-13-20(25)19-14-16-9-7-8-10-17(16)22-19/h3-4,7-10,14-15,18,22H,1-2,5-6,11-13H2/t15-,18+/m1/s1. The molecule has 1 heterocycles. The lowest BCUT2D eigenvalue weighted by atomic mass is 9.90. The van der Waals surface area contributed by atoms with E-state index in [1.165, 1.54) is 0 Å². The summed E-state index contributed by atoms with van der Waals surface area (Å²) in [5, 5.41) is 4.94. The summed E-state index contributed by atoms with van der Waals surface area (Å²) in [4.78, 5) is 18.6. The highest BCUT2D eigenvalue weighted by Gasteiger charge is 2.19. The Morgan fingerprint density at radius 2 is 2.12 bits per heavy atom. The molecular weight excluding hydrogens is 312 g/mol. The minimum absolute atomic E-state index is 0.00552. The third-order valence-electron chi connectivity index (χ3n) is 4.44. The van der Waals surface area contributed by atoms with E-state index in [9.17, 15) is 4.79 Å². The van der Waals surface area contributed by atoms with Gasteiger partial charge in [-0.25, -0.2) is 0 Å². The van der Waals surface area contributed by atoms with E-state index in [1.54, 1.807) is 6.08 Å². The van der Waals surface area contributed by atoms with Gasteiger partial charge in [-0.2, -0.15) is 0 Å². The number of aromatic amines is 1. The molecule has 130 valence electrons. The molecule has 2 aromatic rings. The number of H-pyrrole nitrogens is 1. The second-order valence-electron chi connectivity index (χ2n) is 6.12. The van der Waals surface area contributed by atoms with Gasteiger partial charge in [-0.3, -0.25) is 4.79 Å². The summed E-state index contributed by atoms with van der Waals surface area (Å²) in [6, 6.07) is 9.54. The van der Waals surface area contributed by atoms with Crippen LogP contribution in [0, 0.1) is 5.92 Å². The first-order valence-corrected chi connectivity index (χ1v) is 8.58. The first-order valence-electron chi connectivity index (χ1n) is 8.58. The highest BCUT2D eigenvalue weighted by Crippen LogP contribution is 2.23. The Kier molecular flexibility index (Phi) is 7.05. The van der Waals surface area contributed by atoms with Crippen LogP contribution in [0.25, 0.3) is 21.3 Å². The molecule has 2 atom stereocenters. The van der Waals surface area contributed by atoms with E-state index in [4.69, 9.17) is 5.53 Å². The Morgan fingerprint density at radius 3 is 2.80 bits per heavy atom. The van der Waals surface area contributed by atoms with Gasteiger partial charge in [0.15, 0.2) is 5.78 Å². The molecule has 0 aliphatic heterocycles. The molecule has 0 aliphatic carbocycles. The molecule has 1 aromatic heterocycles. The van der Waals surface area contributed by atoms with Crippen molar-refractivity contribution in [3.63, 3.8) is 0 Å². The number of fused-ring (bicyclic) bond motifs is 1. The molecule has 5 heteroatoms. The number of rotatable bonds is 11. The van der Waals surface area contributed by atoms with Crippen molar-refractivity contribution in [1.82, 2.24) is 4.98 Å². The van der Waals surface area contributed by atoms with E-state index < -0.39 is 0 Å². The molecule has 0 saturated heterocycles. The Bertz CT molecular complexity index is 753. The van der Waals surface area contributed by atoms with Gasteiger partial charge in [0.05, 0.1) is 5.69 Å². The van der Waals surface area contributed by atoms with Crippen LogP contribution < -0.4 is 0 Å². The van der Waals surface area contributed by atoms with Crippen LogP contribution in [0.5, 0.6) is 0 Å². The number of aromatic nitrogens is 1. The second-order valence-corrected chi connectivity index (χ2v) is 6.12. The molecule has 0 bridgehead atoms. The van der Waals surface area contributed by atoms with Gasteiger partial charge in [-0.1, -0.05) is 35.5 Å². The molecule has 0 spiro atoms. The van der Waals surface area contributed by atoms with Crippen LogP contribution in [0.15, 0.2) is 60.8 Å². The fraction of sp³-hybridized carbons (Fsp3) is 0.350. The summed E-state index contributed by atoms with van der Waals surface area (Å²) in [7, 11) is 0. The number of nitrogens with one attached hydrogen (secondary N) is 1. The van der Waals surface area contributed by atoms with Crippen LogP contribution in [0.3, 0.4) is 0 Å². The van der Waals surface area contributed by atoms with Crippen LogP contribution in [0.4, 0.5) is 0 Å². The monoisotopic (exact) mass is 336 g/mol. The van der Waals surface area contributed by atoms with Crippen molar-refractivity contribution in [2.45, 2.75) is 38.1 Å². The molecule has 0 fully saturated rings. The maximum Gasteiger partial charge on any atom is 0.179 e. The summed E-state index contributed by atoms with van der Waals surface area (Å²) in [6.45, 7) is 7.56. The maximum absolute atomic E-state index is 12.5. The van der Waals surface area contributed by atoms with Gasteiger partial charge < -0.3 is 4.98 Å². The van der Waals surface area contributed by atoms with Crippen molar-refractivity contribution in [3.05, 3.63) is 71.8 Å². The van der Waals surface area contributed by atoms with Crippen molar-refractivity contribution in [1.29, 1.82) is 0 Å². The van der Waals surface area contributed by atoms with Crippen molar-refractivity contribution in [3.8, 4) is 0 Å². The van der Waals surface area contributed by atoms with Gasteiger partial charge in [0.25, 0.3) is 0 Å². The summed E-state index contributed by atoms with van der Waals surface area (Å²) in [5.41, 5.74) is 10.4. The number of para-hydroxylation sites is 1. The topological polar surface area (TPSA) is 81.6 Å². The molecule has 0 aliphatic rings. The predicted molar refractivity (Wildman–Crippen MR) is 103 cm³/mol. The lowest BCUT2D eigenvalue weighted by Crippen LogP contribution is -2.17. The number of carbonyl (C=O) groups is 1. The number of Topliss-reactive ketones (excluding diaryl/α,β-unsaturated/α-hetero) is 1. The number of benzene rings is 1. The minimum atomic E-state index is -0.169. The number of carbonyl (C=O) groups excluding carboxylic acids is 1. The van der Waals surface area contributed by atoms with Gasteiger partial charge in [-0.05, 0) is 49.3 Å². The number of azide groups is 1. The van der Waals surface area contributed by atoms with E-state index in [1.807, 2.05) is 36.4 Å². The molecule has 2 rings (SSSR count). The first kappa shape index (κ1) is 18.6. The van der Waals surface area contributed by atoms with Crippen molar-refractivity contribution >= 4 is 16.7 Å².